The van der Waals surface area contributed by atoms with Crippen molar-refractivity contribution in [3.63, 3.8) is 0 Å². The zero-order chi connectivity index (χ0) is 22.0. The van der Waals surface area contributed by atoms with E-state index in [0.29, 0.717) is 12.5 Å². The van der Waals surface area contributed by atoms with E-state index in [-0.39, 0.29) is 9.79 Å². The summed E-state index contributed by atoms with van der Waals surface area (Å²) in [5, 5.41) is 2.61. The molecule has 1 unspecified atom stereocenters. The molecule has 1 saturated carbocycles. The van der Waals surface area contributed by atoms with Gasteiger partial charge < -0.3 is 4.43 Å². The molecule has 3 nitrogen and oxygen atoms in total. The Kier molecular flexibility index (Phi) is 6.85. The molecule has 2 aromatic rings. The van der Waals surface area contributed by atoms with Crippen molar-refractivity contribution in [3.8, 4) is 0 Å². The summed E-state index contributed by atoms with van der Waals surface area (Å²) >= 11 is 0. The Morgan fingerprint density at radius 3 is 1.77 bits per heavy atom. The van der Waals surface area contributed by atoms with Crippen LogP contribution >= 0.6 is 0 Å². The van der Waals surface area contributed by atoms with E-state index in [1.807, 2.05) is 20.8 Å². The van der Waals surface area contributed by atoms with Crippen molar-refractivity contribution >= 4 is 35.4 Å². The van der Waals surface area contributed by atoms with Gasteiger partial charge >= 0.3 is 0 Å². The number of rotatable bonds is 6. The van der Waals surface area contributed by atoms with Gasteiger partial charge in [-0.1, -0.05) is 81.4 Å². The predicted molar refractivity (Wildman–Crippen MR) is 132 cm³/mol. The summed E-state index contributed by atoms with van der Waals surface area (Å²) in [6.45, 7) is 13.5. The minimum atomic E-state index is -2.48. The standard InChI is InChI=1S/C25H35NO2SSi/c1-24(2,3)29(27)26-21-17-20(18-21)19-28-30(25(4,5)6,22-13-9-7-10-14-22)23-15-11-8-12-16-23/h7-16,20H,17-19H2,1-6H3. The van der Waals surface area contributed by atoms with Crippen LogP contribution in [0.1, 0.15) is 54.4 Å². The first-order valence-corrected chi connectivity index (χ1v) is 13.8. The van der Waals surface area contributed by atoms with Crippen LogP contribution in [0.3, 0.4) is 0 Å². The second kappa shape index (κ2) is 8.89. The number of hydrogen-bond acceptors (Lipinski definition) is 2. The van der Waals surface area contributed by atoms with Crippen molar-refractivity contribution in [3.05, 3.63) is 60.7 Å². The molecule has 0 bridgehead atoms. The molecule has 1 aliphatic rings. The van der Waals surface area contributed by atoms with Gasteiger partial charge in [0.15, 0.2) is 0 Å². The normalized spacial score (nSPS) is 18.6. The molecule has 3 rings (SSSR count). The highest BCUT2D eigenvalue weighted by molar-refractivity contribution is 7.85. The van der Waals surface area contributed by atoms with Crippen LogP contribution in [0, 0.1) is 5.92 Å². The van der Waals surface area contributed by atoms with Crippen molar-refractivity contribution in [2.45, 2.75) is 64.2 Å². The SMILES string of the molecule is CC(C)(C)S(=O)N=C1CC(CO[Si](c2ccccc2)(c2ccccc2)C(C)(C)C)C1. The quantitative estimate of drug-likeness (QED) is 0.600. The molecular formula is C25H35NO2SSi. The average Bonchev–Trinajstić information content (AvgIpc) is 2.65. The summed E-state index contributed by atoms with van der Waals surface area (Å²) in [5.41, 5.74) is 1.07. The van der Waals surface area contributed by atoms with Crippen LogP contribution in [0.15, 0.2) is 65.1 Å². The first-order valence-electron chi connectivity index (χ1n) is 10.8. The summed E-state index contributed by atoms with van der Waals surface area (Å²) in [4.78, 5) is 0. The lowest BCUT2D eigenvalue weighted by atomic mass is 9.84. The van der Waals surface area contributed by atoms with Gasteiger partial charge in [0.1, 0.15) is 11.0 Å². The Morgan fingerprint density at radius 2 is 1.37 bits per heavy atom. The molecule has 0 heterocycles. The number of benzene rings is 2. The van der Waals surface area contributed by atoms with Crippen LogP contribution < -0.4 is 10.4 Å². The maximum atomic E-state index is 12.3. The fourth-order valence-electron chi connectivity index (χ4n) is 4.06. The molecule has 0 saturated heterocycles. The van der Waals surface area contributed by atoms with E-state index in [4.69, 9.17) is 4.43 Å². The van der Waals surface area contributed by atoms with Crippen molar-refractivity contribution < 1.29 is 8.63 Å². The minimum absolute atomic E-state index is 0.00982. The number of nitrogens with zero attached hydrogens (tertiary/aromatic N) is 1. The smallest absolute Gasteiger partial charge is 0.261 e. The molecule has 0 aliphatic heterocycles. The lowest BCUT2D eigenvalue weighted by Crippen LogP contribution is -2.67. The molecule has 0 amide bonds. The molecule has 5 heteroatoms. The fraction of sp³-hybridized carbons (Fsp3) is 0.480. The third-order valence-corrected chi connectivity index (χ3v) is 12.2. The Bertz CT molecular complexity index is 851. The molecule has 1 fully saturated rings. The van der Waals surface area contributed by atoms with Crippen molar-refractivity contribution in [2.24, 2.45) is 10.3 Å². The predicted octanol–water partition coefficient (Wildman–Crippen LogP) is 4.88. The first kappa shape index (κ1) is 23.1. The molecule has 1 aliphatic carbocycles. The Balaban J connectivity index is 1.84. The summed E-state index contributed by atoms with van der Waals surface area (Å²) in [7, 11) is -3.65. The monoisotopic (exact) mass is 441 g/mol. The maximum Gasteiger partial charge on any atom is 0.261 e. The third-order valence-electron chi connectivity index (χ3n) is 5.74. The van der Waals surface area contributed by atoms with Crippen molar-refractivity contribution in [1.82, 2.24) is 0 Å². The highest BCUT2D eigenvalue weighted by atomic mass is 32.2. The lowest BCUT2D eigenvalue weighted by molar-refractivity contribution is 0.227. The maximum absolute atomic E-state index is 12.3. The summed E-state index contributed by atoms with van der Waals surface area (Å²) < 4.78 is 23.4. The highest BCUT2D eigenvalue weighted by Crippen LogP contribution is 2.38. The Labute approximate surface area is 185 Å². The van der Waals surface area contributed by atoms with Gasteiger partial charge in [-0.15, -0.1) is 0 Å². The van der Waals surface area contributed by atoms with Gasteiger partial charge in [-0.05, 0) is 54.9 Å². The number of hydrogen-bond donors (Lipinski definition) is 0. The summed E-state index contributed by atoms with van der Waals surface area (Å²) in [5.74, 6) is 0.447. The van der Waals surface area contributed by atoms with E-state index < -0.39 is 19.3 Å². The minimum Gasteiger partial charge on any atom is -0.407 e. The first-order chi connectivity index (χ1) is 14.0. The molecule has 0 radical (unpaired) electrons. The van der Waals surface area contributed by atoms with E-state index in [9.17, 15) is 4.21 Å². The van der Waals surface area contributed by atoms with Gasteiger partial charge in [0.25, 0.3) is 8.32 Å². The van der Waals surface area contributed by atoms with Crippen LogP contribution in [-0.4, -0.2) is 29.6 Å². The van der Waals surface area contributed by atoms with E-state index in [0.717, 1.165) is 18.6 Å². The summed E-state index contributed by atoms with van der Waals surface area (Å²) in [6.07, 6.45) is 1.78. The topological polar surface area (TPSA) is 38.7 Å². The molecule has 30 heavy (non-hydrogen) atoms. The van der Waals surface area contributed by atoms with Crippen LogP contribution in [0.25, 0.3) is 0 Å². The van der Waals surface area contributed by atoms with Gasteiger partial charge in [-0.3, -0.25) is 0 Å². The molecule has 0 spiro atoms. The summed E-state index contributed by atoms with van der Waals surface area (Å²) in [6, 6.07) is 21.5. The molecule has 1 atom stereocenters. The van der Waals surface area contributed by atoms with Gasteiger partial charge in [0.05, 0.1) is 4.75 Å². The molecular weight excluding hydrogens is 406 g/mol. The molecule has 162 valence electrons. The second-order valence-electron chi connectivity index (χ2n) is 10.3. The van der Waals surface area contributed by atoms with Crippen LogP contribution in [0.5, 0.6) is 0 Å². The Morgan fingerprint density at radius 1 is 0.900 bits per heavy atom. The zero-order valence-corrected chi connectivity index (χ0v) is 21.0. The van der Waals surface area contributed by atoms with Crippen LogP contribution in [0.2, 0.25) is 5.04 Å². The van der Waals surface area contributed by atoms with E-state index in [1.165, 1.54) is 10.4 Å². The second-order valence-corrected chi connectivity index (χ2v) is 16.5. The van der Waals surface area contributed by atoms with Crippen LogP contribution in [-0.2, 0) is 15.4 Å². The molecule has 0 N–H and O–H groups in total. The zero-order valence-electron chi connectivity index (χ0n) is 19.1. The van der Waals surface area contributed by atoms with E-state index in [1.54, 1.807) is 0 Å². The average molecular weight is 442 g/mol. The van der Waals surface area contributed by atoms with Gasteiger partial charge in [0, 0.05) is 12.3 Å². The fourth-order valence-corrected chi connectivity index (χ4v) is 9.36. The van der Waals surface area contributed by atoms with E-state index >= 15 is 0 Å². The van der Waals surface area contributed by atoms with Gasteiger partial charge in [-0.25, -0.2) is 4.21 Å². The van der Waals surface area contributed by atoms with Crippen molar-refractivity contribution in [2.75, 3.05) is 6.61 Å². The third kappa shape index (κ3) is 4.84. The van der Waals surface area contributed by atoms with Gasteiger partial charge in [0.2, 0.25) is 0 Å². The van der Waals surface area contributed by atoms with Crippen molar-refractivity contribution in [1.29, 1.82) is 0 Å². The van der Waals surface area contributed by atoms with Crippen LogP contribution in [0.4, 0.5) is 0 Å². The molecule has 0 aromatic heterocycles. The lowest BCUT2D eigenvalue weighted by Gasteiger charge is -2.44. The highest BCUT2D eigenvalue weighted by Gasteiger charge is 2.50. The van der Waals surface area contributed by atoms with E-state index in [2.05, 4.69) is 85.8 Å². The Hall–Kier alpha value is -1.56. The largest absolute Gasteiger partial charge is 0.407 e. The van der Waals surface area contributed by atoms with Gasteiger partial charge in [-0.2, -0.15) is 4.40 Å². The molecule has 2 aromatic carbocycles.